The lowest BCUT2D eigenvalue weighted by Crippen LogP contribution is -2.20. The average molecular weight is 230 g/mol. The van der Waals surface area contributed by atoms with Crippen molar-refractivity contribution in [2.75, 3.05) is 24.9 Å². The minimum atomic E-state index is -0.509. The van der Waals surface area contributed by atoms with E-state index >= 15 is 0 Å². The molecule has 1 aromatic carbocycles. The second-order valence-corrected chi connectivity index (χ2v) is 3.63. The lowest BCUT2D eigenvalue weighted by molar-refractivity contribution is 0.185. The monoisotopic (exact) mass is 229 g/mol. The first kappa shape index (κ1) is 12.3. The second kappa shape index (κ2) is 6.67. The van der Waals surface area contributed by atoms with Gasteiger partial charge in [0.2, 0.25) is 0 Å². The number of halogens is 1. The van der Waals surface area contributed by atoms with Gasteiger partial charge in [0.25, 0.3) is 0 Å². The van der Waals surface area contributed by atoms with Crippen LogP contribution >= 0.6 is 11.6 Å². The molecule has 84 valence electrons. The Morgan fingerprint density at radius 3 is 2.60 bits per heavy atom. The Labute approximate surface area is 95.0 Å². The first-order valence-electron chi connectivity index (χ1n) is 4.82. The maximum absolute atomic E-state index is 9.24. The maximum atomic E-state index is 9.24. The molecule has 3 nitrogen and oxygen atoms in total. The van der Waals surface area contributed by atoms with Crippen LogP contribution in [0, 0.1) is 0 Å². The Hall–Kier alpha value is -0.770. The fourth-order valence-electron chi connectivity index (χ4n) is 1.18. The largest absolute Gasteiger partial charge is 0.390 e. The number of anilines is 1. The molecule has 0 fully saturated rings. The zero-order chi connectivity index (χ0) is 11.1. The fourth-order valence-corrected chi connectivity index (χ4v) is 1.28. The topological polar surface area (TPSA) is 41.5 Å². The van der Waals surface area contributed by atoms with E-state index in [9.17, 15) is 5.11 Å². The lowest BCUT2D eigenvalue weighted by Gasteiger charge is -2.10. The second-order valence-electron chi connectivity index (χ2n) is 3.32. The number of hydrogen-bond acceptors (Lipinski definition) is 3. The van der Waals surface area contributed by atoms with Crippen LogP contribution in [-0.2, 0) is 11.3 Å². The molecule has 0 aliphatic carbocycles. The molecule has 15 heavy (non-hydrogen) atoms. The highest BCUT2D eigenvalue weighted by atomic mass is 35.5. The highest BCUT2D eigenvalue weighted by Gasteiger charge is 2.00. The highest BCUT2D eigenvalue weighted by Crippen LogP contribution is 2.10. The molecule has 0 radical (unpaired) electrons. The Morgan fingerprint density at radius 2 is 2.07 bits per heavy atom. The summed E-state index contributed by atoms with van der Waals surface area (Å²) in [4.78, 5) is 0. The number of ether oxygens (including phenoxy) is 1. The van der Waals surface area contributed by atoms with E-state index in [0.29, 0.717) is 13.2 Å². The van der Waals surface area contributed by atoms with Gasteiger partial charge >= 0.3 is 0 Å². The molecule has 0 saturated heterocycles. The summed E-state index contributed by atoms with van der Waals surface area (Å²) >= 11 is 5.48. The molecule has 0 amide bonds. The molecule has 0 bridgehead atoms. The summed E-state index contributed by atoms with van der Waals surface area (Å²) < 4.78 is 5.01. The molecule has 0 spiro atoms. The van der Waals surface area contributed by atoms with Gasteiger partial charge in [0.1, 0.15) is 0 Å². The zero-order valence-electron chi connectivity index (χ0n) is 8.74. The van der Waals surface area contributed by atoms with Crippen LogP contribution in [0.25, 0.3) is 0 Å². The number of aliphatic hydroxyl groups is 1. The molecule has 1 aromatic rings. The molecular formula is C11H16ClNO2. The van der Waals surface area contributed by atoms with Crippen molar-refractivity contribution in [3.8, 4) is 0 Å². The predicted octanol–water partition coefficient (Wildman–Crippen LogP) is 1.84. The summed E-state index contributed by atoms with van der Waals surface area (Å²) in [5, 5.41) is 12.3. The van der Waals surface area contributed by atoms with E-state index in [2.05, 4.69) is 5.32 Å². The normalized spacial score (nSPS) is 12.5. The lowest BCUT2D eigenvalue weighted by atomic mass is 10.2. The van der Waals surface area contributed by atoms with Crippen LogP contribution in [-0.4, -0.2) is 30.7 Å². The Kier molecular flexibility index (Phi) is 5.47. The van der Waals surface area contributed by atoms with Crippen LogP contribution in [0.5, 0.6) is 0 Å². The predicted molar refractivity (Wildman–Crippen MR) is 62.4 cm³/mol. The van der Waals surface area contributed by atoms with E-state index in [-0.39, 0.29) is 5.88 Å². The average Bonchev–Trinajstić information content (AvgIpc) is 2.28. The molecule has 4 heteroatoms. The quantitative estimate of drug-likeness (QED) is 0.732. The van der Waals surface area contributed by atoms with E-state index in [4.69, 9.17) is 16.3 Å². The molecule has 0 aliphatic rings. The summed E-state index contributed by atoms with van der Waals surface area (Å²) in [5.74, 6) is 0.245. The van der Waals surface area contributed by atoms with Gasteiger partial charge in [-0.15, -0.1) is 11.6 Å². The molecular weight excluding hydrogens is 214 g/mol. The van der Waals surface area contributed by atoms with Gasteiger partial charge < -0.3 is 15.2 Å². The van der Waals surface area contributed by atoms with Crippen LogP contribution in [0.3, 0.4) is 0 Å². The number of nitrogens with one attached hydrogen (secondary N) is 1. The van der Waals surface area contributed by atoms with E-state index < -0.39 is 6.10 Å². The SMILES string of the molecule is COCc1ccc(NCC(O)CCl)cc1. The molecule has 0 aliphatic heterocycles. The molecule has 2 N–H and O–H groups in total. The summed E-state index contributed by atoms with van der Waals surface area (Å²) in [7, 11) is 1.67. The summed E-state index contributed by atoms with van der Waals surface area (Å²) in [5.41, 5.74) is 2.10. The third kappa shape index (κ3) is 4.51. The van der Waals surface area contributed by atoms with E-state index in [1.807, 2.05) is 24.3 Å². The van der Waals surface area contributed by atoms with Gasteiger partial charge in [-0.05, 0) is 17.7 Å². The number of alkyl halides is 1. The third-order valence-electron chi connectivity index (χ3n) is 1.98. The minimum absolute atomic E-state index is 0.245. The molecule has 0 heterocycles. The molecule has 1 atom stereocenters. The van der Waals surface area contributed by atoms with Crippen molar-refractivity contribution >= 4 is 17.3 Å². The number of hydrogen-bond donors (Lipinski definition) is 2. The Bertz CT molecular complexity index is 276. The zero-order valence-corrected chi connectivity index (χ0v) is 9.50. The van der Waals surface area contributed by atoms with Crippen molar-refractivity contribution in [2.45, 2.75) is 12.7 Å². The molecule has 1 unspecified atom stereocenters. The third-order valence-corrected chi connectivity index (χ3v) is 2.34. The van der Waals surface area contributed by atoms with Crippen LogP contribution in [0.15, 0.2) is 24.3 Å². The van der Waals surface area contributed by atoms with Crippen LogP contribution in [0.4, 0.5) is 5.69 Å². The van der Waals surface area contributed by atoms with Crippen molar-refractivity contribution in [2.24, 2.45) is 0 Å². The van der Waals surface area contributed by atoms with Gasteiger partial charge in [-0.2, -0.15) is 0 Å². The van der Waals surface area contributed by atoms with Gasteiger partial charge in [0, 0.05) is 19.3 Å². The van der Waals surface area contributed by atoms with Crippen LogP contribution in [0.1, 0.15) is 5.56 Å². The highest BCUT2D eigenvalue weighted by molar-refractivity contribution is 6.18. The van der Waals surface area contributed by atoms with Gasteiger partial charge in [0.05, 0.1) is 18.6 Å². The molecule has 1 rings (SSSR count). The van der Waals surface area contributed by atoms with E-state index in [1.54, 1.807) is 7.11 Å². The minimum Gasteiger partial charge on any atom is -0.390 e. The van der Waals surface area contributed by atoms with Gasteiger partial charge in [0.15, 0.2) is 0 Å². The van der Waals surface area contributed by atoms with Crippen molar-refractivity contribution in [1.82, 2.24) is 0 Å². The molecule has 0 saturated carbocycles. The summed E-state index contributed by atoms with van der Waals surface area (Å²) in [6.45, 7) is 1.08. The van der Waals surface area contributed by atoms with Crippen LogP contribution in [0.2, 0.25) is 0 Å². The van der Waals surface area contributed by atoms with Crippen molar-refractivity contribution in [1.29, 1.82) is 0 Å². The first-order valence-corrected chi connectivity index (χ1v) is 5.35. The Balaban J connectivity index is 2.42. The summed E-state index contributed by atoms with van der Waals surface area (Å²) in [6.07, 6.45) is -0.509. The Morgan fingerprint density at radius 1 is 1.40 bits per heavy atom. The summed E-state index contributed by atoms with van der Waals surface area (Å²) in [6, 6.07) is 7.88. The number of aliphatic hydroxyl groups excluding tert-OH is 1. The van der Waals surface area contributed by atoms with Gasteiger partial charge in [-0.1, -0.05) is 12.1 Å². The van der Waals surface area contributed by atoms with E-state index in [1.165, 1.54) is 0 Å². The standard InChI is InChI=1S/C11H16ClNO2/c1-15-8-9-2-4-10(5-3-9)13-7-11(14)6-12/h2-5,11,13-14H,6-8H2,1H3. The number of benzene rings is 1. The van der Waals surface area contributed by atoms with Gasteiger partial charge in [-0.3, -0.25) is 0 Å². The van der Waals surface area contributed by atoms with Crippen molar-refractivity contribution in [3.63, 3.8) is 0 Å². The fraction of sp³-hybridized carbons (Fsp3) is 0.455. The van der Waals surface area contributed by atoms with Crippen molar-refractivity contribution in [3.05, 3.63) is 29.8 Å². The number of methoxy groups -OCH3 is 1. The van der Waals surface area contributed by atoms with Crippen molar-refractivity contribution < 1.29 is 9.84 Å². The van der Waals surface area contributed by atoms with Crippen LogP contribution < -0.4 is 5.32 Å². The number of rotatable bonds is 6. The smallest absolute Gasteiger partial charge is 0.0847 e. The van der Waals surface area contributed by atoms with E-state index in [0.717, 1.165) is 11.3 Å². The first-order chi connectivity index (χ1) is 7.26. The maximum Gasteiger partial charge on any atom is 0.0847 e. The van der Waals surface area contributed by atoms with Gasteiger partial charge in [-0.25, -0.2) is 0 Å². The molecule has 0 aromatic heterocycles.